The van der Waals surface area contributed by atoms with Crippen molar-refractivity contribution in [3.05, 3.63) is 46.2 Å². The van der Waals surface area contributed by atoms with E-state index in [4.69, 9.17) is 5.11 Å². The second kappa shape index (κ2) is 6.04. The quantitative estimate of drug-likeness (QED) is 0.838. The molecule has 20 heavy (non-hydrogen) atoms. The molecule has 1 aromatic carbocycles. The van der Waals surface area contributed by atoms with Crippen molar-refractivity contribution in [3.8, 4) is 0 Å². The zero-order valence-corrected chi connectivity index (χ0v) is 13.1. The topological polar surface area (TPSA) is 84.2 Å². The van der Waals surface area contributed by atoms with Crippen molar-refractivity contribution in [3.63, 3.8) is 0 Å². The minimum absolute atomic E-state index is 0.122. The molecule has 0 saturated carbocycles. The molecule has 0 amide bonds. The number of aliphatic hydroxyl groups is 1. The molecule has 0 atom stereocenters. The molecule has 2 rings (SSSR count). The summed E-state index contributed by atoms with van der Waals surface area (Å²) in [4.78, 5) is 0.130. The molecule has 0 saturated heterocycles. The van der Waals surface area contributed by atoms with E-state index in [-0.39, 0.29) is 18.0 Å². The van der Waals surface area contributed by atoms with Crippen LogP contribution in [0.25, 0.3) is 0 Å². The first kappa shape index (κ1) is 15.2. The standard InChI is InChI=1S/C12H14BrN3O3S/c1-16-5-4-10(15-16)7-14-20(18,19)12-3-2-9(8-17)6-11(12)13/h2-6,14,17H,7-8H2,1H3. The number of aliphatic hydroxyl groups excluding tert-OH is 1. The smallest absolute Gasteiger partial charge is 0.242 e. The SMILES string of the molecule is Cn1ccc(CNS(=O)(=O)c2ccc(CO)cc2Br)n1. The number of sulfonamides is 1. The van der Waals surface area contributed by atoms with Gasteiger partial charge in [0.2, 0.25) is 10.0 Å². The van der Waals surface area contributed by atoms with Crippen molar-refractivity contribution in [2.45, 2.75) is 18.0 Å². The number of nitrogens with zero attached hydrogens (tertiary/aromatic N) is 2. The molecule has 6 nitrogen and oxygen atoms in total. The van der Waals surface area contributed by atoms with E-state index in [0.717, 1.165) is 0 Å². The first-order valence-corrected chi connectivity index (χ1v) is 8.07. The molecule has 0 aliphatic rings. The van der Waals surface area contributed by atoms with Gasteiger partial charge in [-0.3, -0.25) is 4.68 Å². The van der Waals surface area contributed by atoms with Crippen molar-refractivity contribution in [2.24, 2.45) is 7.05 Å². The van der Waals surface area contributed by atoms with Crippen molar-refractivity contribution in [1.29, 1.82) is 0 Å². The maximum Gasteiger partial charge on any atom is 0.242 e. The van der Waals surface area contributed by atoms with Crippen molar-refractivity contribution in [1.82, 2.24) is 14.5 Å². The van der Waals surface area contributed by atoms with Crippen LogP contribution in [0.4, 0.5) is 0 Å². The first-order chi connectivity index (χ1) is 9.42. The highest BCUT2D eigenvalue weighted by molar-refractivity contribution is 9.10. The minimum Gasteiger partial charge on any atom is -0.392 e. The number of nitrogens with one attached hydrogen (secondary N) is 1. The Balaban J connectivity index is 2.18. The molecule has 0 unspecified atom stereocenters. The van der Waals surface area contributed by atoms with Gasteiger partial charge >= 0.3 is 0 Å². The van der Waals surface area contributed by atoms with Crippen LogP contribution >= 0.6 is 15.9 Å². The zero-order valence-electron chi connectivity index (χ0n) is 10.7. The lowest BCUT2D eigenvalue weighted by Crippen LogP contribution is -2.24. The van der Waals surface area contributed by atoms with Crippen LogP contribution in [-0.2, 0) is 30.2 Å². The Morgan fingerprint density at radius 2 is 2.15 bits per heavy atom. The summed E-state index contributed by atoms with van der Waals surface area (Å²) < 4.78 is 28.9. The van der Waals surface area contributed by atoms with Crippen LogP contribution in [0.5, 0.6) is 0 Å². The van der Waals surface area contributed by atoms with Crippen LogP contribution in [0.1, 0.15) is 11.3 Å². The van der Waals surface area contributed by atoms with E-state index in [1.54, 1.807) is 36.1 Å². The fourth-order valence-electron chi connectivity index (χ4n) is 1.66. The van der Waals surface area contributed by atoms with Gasteiger partial charge in [0.1, 0.15) is 0 Å². The summed E-state index contributed by atoms with van der Waals surface area (Å²) in [5, 5.41) is 13.1. The zero-order chi connectivity index (χ0) is 14.8. The van der Waals surface area contributed by atoms with Crippen LogP contribution < -0.4 is 4.72 Å². The van der Waals surface area contributed by atoms with Gasteiger partial charge in [-0.15, -0.1) is 0 Å². The first-order valence-electron chi connectivity index (χ1n) is 5.80. The minimum atomic E-state index is -3.63. The predicted molar refractivity (Wildman–Crippen MR) is 77.3 cm³/mol. The van der Waals surface area contributed by atoms with Gasteiger partial charge < -0.3 is 5.11 Å². The molecule has 2 aromatic rings. The Bertz CT molecular complexity index is 712. The summed E-state index contributed by atoms with van der Waals surface area (Å²) in [5.41, 5.74) is 1.28. The van der Waals surface area contributed by atoms with E-state index in [0.29, 0.717) is 15.7 Å². The van der Waals surface area contributed by atoms with Crippen LogP contribution in [0.15, 0.2) is 39.8 Å². The third-order valence-electron chi connectivity index (χ3n) is 2.68. The average molecular weight is 360 g/mol. The van der Waals surface area contributed by atoms with E-state index in [1.807, 2.05) is 0 Å². The molecule has 0 bridgehead atoms. The monoisotopic (exact) mass is 359 g/mol. The van der Waals surface area contributed by atoms with E-state index >= 15 is 0 Å². The lowest BCUT2D eigenvalue weighted by molar-refractivity contribution is 0.281. The predicted octanol–water partition coefficient (Wildman–Crippen LogP) is 1.15. The Hall–Kier alpha value is -1.22. The van der Waals surface area contributed by atoms with Gasteiger partial charge in [-0.05, 0) is 39.7 Å². The van der Waals surface area contributed by atoms with Crippen LogP contribution in [-0.4, -0.2) is 23.3 Å². The summed E-state index contributed by atoms with van der Waals surface area (Å²) in [6, 6.07) is 6.35. The number of aryl methyl sites for hydroxylation is 1. The molecule has 0 aliphatic heterocycles. The lowest BCUT2D eigenvalue weighted by Gasteiger charge is -2.08. The van der Waals surface area contributed by atoms with Gasteiger partial charge in [-0.2, -0.15) is 5.10 Å². The Kier molecular flexibility index (Phi) is 4.59. The van der Waals surface area contributed by atoms with Gasteiger partial charge in [-0.1, -0.05) is 6.07 Å². The molecular formula is C12H14BrN3O3S. The second-order valence-electron chi connectivity index (χ2n) is 4.23. The summed E-state index contributed by atoms with van der Waals surface area (Å²) in [5.74, 6) is 0. The van der Waals surface area contributed by atoms with Gasteiger partial charge in [0.05, 0.1) is 23.7 Å². The van der Waals surface area contributed by atoms with Crippen molar-refractivity contribution in [2.75, 3.05) is 0 Å². The number of rotatable bonds is 5. The number of aromatic nitrogens is 2. The van der Waals surface area contributed by atoms with Crippen molar-refractivity contribution < 1.29 is 13.5 Å². The number of hydrogen-bond acceptors (Lipinski definition) is 4. The van der Waals surface area contributed by atoms with Crippen LogP contribution in [0.3, 0.4) is 0 Å². The maximum atomic E-state index is 12.2. The number of benzene rings is 1. The number of halogens is 1. The Labute approximate surface area is 125 Å². The molecule has 1 heterocycles. The fraction of sp³-hybridized carbons (Fsp3) is 0.250. The molecule has 8 heteroatoms. The van der Waals surface area contributed by atoms with Crippen LogP contribution in [0.2, 0.25) is 0 Å². The third-order valence-corrected chi connectivity index (χ3v) is 5.06. The molecule has 2 N–H and O–H groups in total. The summed E-state index contributed by atoms with van der Waals surface area (Å²) in [6.07, 6.45) is 1.75. The Morgan fingerprint density at radius 3 is 2.70 bits per heavy atom. The fourth-order valence-corrected chi connectivity index (χ4v) is 3.79. The molecule has 108 valence electrons. The summed E-state index contributed by atoms with van der Waals surface area (Å²) in [6.45, 7) is -0.0162. The maximum absolute atomic E-state index is 12.2. The summed E-state index contributed by atoms with van der Waals surface area (Å²) >= 11 is 3.20. The largest absolute Gasteiger partial charge is 0.392 e. The third kappa shape index (κ3) is 3.45. The van der Waals surface area contributed by atoms with Gasteiger partial charge in [0.25, 0.3) is 0 Å². The highest BCUT2D eigenvalue weighted by atomic mass is 79.9. The summed E-state index contributed by atoms with van der Waals surface area (Å²) in [7, 11) is -1.87. The normalized spacial score (nSPS) is 11.8. The molecule has 0 aliphatic carbocycles. The molecule has 1 aromatic heterocycles. The average Bonchev–Trinajstić information content (AvgIpc) is 2.82. The van der Waals surface area contributed by atoms with Crippen LogP contribution in [0, 0.1) is 0 Å². The van der Waals surface area contributed by atoms with E-state index in [1.165, 1.54) is 6.07 Å². The molecule has 0 spiro atoms. The van der Waals surface area contributed by atoms with Crippen molar-refractivity contribution >= 4 is 26.0 Å². The van der Waals surface area contributed by atoms with E-state index in [2.05, 4.69) is 25.8 Å². The molecule has 0 radical (unpaired) electrons. The van der Waals surface area contributed by atoms with Gasteiger partial charge in [0, 0.05) is 17.7 Å². The van der Waals surface area contributed by atoms with Gasteiger partial charge in [0.15, 0.2) is 0 Å². The molecule has 0 fully saturated rings. The second-order valence-corrected chi connectivity index (χ2v) is 6.82. The van der Waals surface area contributed by atoms with Gasteiger partial charge in [-0.25, -0.2) is 13.1 Å². The molecular weight excluding hydrogens is 346 g/mol. The number of hydrogen-bond donors (Lipinski definition) is 2. The van der Waals surface area contributed by atoms with E-state index in [9.17, 15) is 8.42 Å². The highest BCUT2D eigenvalue weighted by Gasteiger charge is 2.18. The Morgan fingerprint density at radius 1 is 1.40 bits per heavy atom. The lowest BCUT2D eigenvalue weighted by atomic mass is 10.2. The highest BCUT2D eigenvalue weighted by Crippen LogP contribution is 2.23. The van der Waals surface area contributed by atoms with E-state index < -0.39 is 10.0 Å².